The van der Waals surface area contributed by atoms with Gasteiger partial charge in [0, 0.05) is 17.5 Å². The minimum atomic E-state index is -3.76. The van der Waals surface area contributed by atoms with Gasteiger partial charge in [0.25, 0.3) is 0 Å². The Morgan fingerprint density at radius 1 is 1.33 bits per heavy atom. The second kappa shape index (κ2) is 6.36. The van der Waals surface area contributed by atoms with Gasteiger partial charge in [0.15, 0.2) is 5.58 Å². The first-order valence-electron chi connectivity index (χ1n) is 7.23. The van der Waals surface area contributed by atoms with Crippen molar-refractivity contribution >= 4 is 44.1 Å². The predicted molar refractivity (Wildman–Crippen MR) is 94.2 cm³/mol. The lowest BCUT2D eigenvalue weighted by molar-refractivity contribution is 0.512. The van der Waals surface area contributed by atoms with Crippen LogP contribution in [0.15, 0.2) is 44.4 Å². The van der Waals surface area contributed by atoms with Crippen molar-refractivity contribution in [1.82, 2.24) is 9.29 Å². The van der Waals surface area contributed by atoms with Crippen molar-refractivity contribution in [2.75, 3.05) is 0 Å². The van der Waals surface area contributed by atoms with E-state index in [0.717, 1.165) is 4.88 Å². The molecule has 2 heterocycles. The summed E-state index contributed by atoms with van der Waals surface area (Å²) in [4.78, 5) is 12.6. The van der Waals surface area contributed by atoms with Crippen LogP contribution in [-0.4, -0.2) is 13.0 Å². The van der Waals surface area contributed by atoms with Crippen molar-refractivity contribution in [2.24, 2.45) is 0 Å². The third-order valence-electron chi connectivity index (χ3n) is 3.62. The largest absolute Gasteiger partial charge is 0.419 e. The van der Waals surface area contributed by atoms with Crippen LogP contribution >= 0.6 is 22.9 Å². The quantitative estimate of drug-likeness (QED) is 0.728. The van der Waals surface area contributed by atoms with E-state index < -0.39 is 21.8 Å². The van der Waals surface area contributed by atoms with Gasteiger partial charge in [-0.25, -0.2) is 17.9 Å². The van der Waals surface area contributed by atoms with Gasteiger partial charge in [0.1, 0.15) is 0 Å². The summed E-state index contributed by atoms with van der Waals surface area (Å²) in [7, 11) is -3.76. The third-order valence-corrected chi connectivity index (χ3v) is 6.57. The number of hydrogen-bond acceptors (Lipinski definition) is 5. The number of aryl methyl sites for hydroxylation is 1. The number of hydrogen-bond donors (Lipinski definition) is 1. The van der Waals surface area contributed by atoms with Crippen LogP contribution in [0.3, 0.4) is 0 Å². The fraction of sp³-hybridized carbons (Fsp3) is 0.267. The SMILES string of the molecule is CCn1c(=O)oc2cc(S(=O)(=O)N[C@@H](C)c3ccc(Cl)s3)ccc21. The summed E-state index contributed by atoms with van der Waals surface area (Å²) >= 11 is 7.20. The van der Waals surface area contributed by atoms with E-state index in [4.69, 9.17) is 16.0 Å². The molecule has 9 heteroatoms. The van der Waals surface area contributed by atoms with Crippen LogP contribution in [-0.2, 0) is 16.6 Å². The zero-order valence-corrected chi connectivity index (χ0v) is 15.3. The first kappa shape index (κ1) is 17.2. The molecule has 3 rings (SSSR count). The van der Waals surface area contributed by atoms with E-state index in [1.54, 1.807) is 25.1 Å². The van der Waals surface area contributed by atoms with Gasteiger partial charge < -0.3 is 4.42 Å². The molecule has 1 atom stereocenters. The van der Waals surface area contributed by atoms with Crippen molar-refractivity contribution in [3.05, 3.63) is 50.1 Å². The first-order chi connectivity index (χ1) is 11.3. The minimum Gasteiger partial charge on any atom is -0.408 e. The van der Waals surface area contributed by atoms with Gasteiger partial charge in [-0.2, -0.15) is 0 Å². The Hall–Kier alpha value is -1.61. The van der Waals surface area contributed by atoms with Gasteiger partial charge in [-0.05, 0) is 38.1 Å². The van der Waals surface area contributed by atoms with Crippen LogP contribution in [0, 0.1) is 0 Å². The van der Waals surface area contributed by atoms with Crippen molar-refractivity contribution in [1.29, 1.82) is 0 Å². The highest BCUT2D eigenvalue weighted by atomic mass is 35.5. The molecule has 0 unspecified atom stereocenters. The predicted octanol–water partition coefficient (Wildman–Crippen LogP) is 3.37. The lowest BCUT2D eigenvalue weighted by Crippen LogP contribution is -2.26. The normalized spacial score (nSPS) is 13.5. The lowest BCUT2D eigenvalue weighted by atomic mass is 10.3. The Balaban J connectivity index is 1.94. The molecular weight excluding hydrogens is 372 g/mol. The molecule has 1 N–H and O–H groups in total. The highest BCUT2D eigenvalue weighted by molar-refractivity contribution is 7.89. The Morgan fingerprint density at radius 3 is 2.71 bits per heavy atom. The van der Waals surface area contributed by atoms with Gasteiger partial charge in [0.2, 0.25) is 10.0 Å². The van der Waals surface area contributed by atoms with Crippen molar-refractivity contribution < 1.29 is 12.8 Å². The van der Waals surface area contributed by atoms with E-state index in [-0.39, 0.29) is 10.5 Å². The topological polar surface area (TPSA) is 81.3 Å². The molecule has 0 amide bonds. The summed E-state index contributed by atoms with van der Waals surface area (Å²) in [5.74, 6) is -0.503. The minimum absolute atomic E-state index is 0.0431. The van der Waals surface area contributed by atoms with Crippen LogP contribution in [0.4, 0.5) is 0 Å². The van der Waals surface area contributed by atoms with Crippen LogP contribution in [0.1, 0.15) is 24.8 Å². The Bertz CT molecular complexity index is 1050. The van der Waals surface area contributed by atoms with E-state index in [0.29, 0.717) is 16.4 Å². The zero-order chi connectivity index (χ0) is 17.5. The van der Waals surface area contributed by atoms with Crippen molar-refractivity contribution in [3.63, 3.8) is 0 Å². The van der Waals surface area contributed by atoms with Crippen LogP contribution in [0.25, 0.3) is 11.1 Å². The number of rotatable bonds is 5. The fourth-order valence-electron chi connectivity index (χ4n) is 2.43. The standard InChI is InChI=1S/C15H15ClN2O4S2/c1-3-18-11-5-4-10(8-12(11)22-15(18)19)24(20,21)17-9(2)13-6-7-14(16)23-13/h4-9,17H,3H2,1-2H3/t9-/m0/s1. The molecule has 3 aromatic rings. The molecule has 0 saturated carbocycles. The summed E-state index contributed by atoms with van der Waals surface area (Å²) in [5.41, 5.74) is 0.816. The molecule has 0 bridgehead atoms. The van der Waals surface area contributed by atoms with Crippen molar-refractivity contribution in [3.8, 4) is 0 Å². The maximum absolute atomic E-state index is 12.6. The van der Waals surface area contributed by atoms with E-state index in [1.165, 1.54) is 28.0 Å². The summed E-state index contributed by atoms with van der Waals surface area (Å²) in [5, 5.41) is 0. The number of benzene rings is 1. The van der Waals surface area contributed by atoms with Crippen LogP contribution in [0.5, 0.6) is 0 Å². The molecule has 6 nitrogen and oxygen atoms in total. The molecule has 0 fully saturated rings. The molecule has 0 spiro atoms. The fourth-order valence-corrected chi connectivity index (χ4v) is 4.81. The summed E-state index contributed by atoms with van der Waals surface area (Å²) < 4.78 is 34.9. The molecule has 0 aliphatic heterocycles. The Labute approximate surface area is 147 Å². The maximum Gasteiger partial charge on any atom is 0.419 e. The molecule has 128 valence electrons. The number of thiophene rings is 1. The zero-order valence-electron chi connectivity index (χ0n) is 12.9. The summed E-state index contributed by atoms with van der Waals surface area (Å²) in [6.07, 6.45) is 0. The van der Waals surface area contributed by atoms with E-state index in [9.17, 15) is 13.2 Å². The number of aromatic nitrogens is 1. The van der Waals surface area contributed by atoms with Crippen LogP contribution in [0.2, 0.25) is 4.34 Å². The number of halogens is 1. The molecule has 0 aliphatic carbocycles. The summed E-state index contributed by atoms with van der Waals surface area (Å²) in [6.45, 7) is 4.01. The highest BCUT2D eigenvalue weighted by Crippen LogP contribution is 2.28. The summed E-state index contributed by atoms with van der Waals surface area (Å²) in [6, 6.07) is 7.48. The average molecular weight is 387 g/mol. The highest BCUT2D eigenvalue weighted by Gasteiger charge is 2.21. The van der Waals surface area contributed by atoms with Gasteiger partial charge in [-0.15, -0.1) is 11.3 Å². The molecule has 0 radical (unpaired) electrons. The molecular formula is C15H15ClN2O4S2. The smallest absolute Gasteiger partial charge is 0.408 e. The van der Waals surface area contributed by atoms with E-state index >= 15 is 0 Å². The second-order valence-electron chi connectivity index (χ2n) is 5.23. The average Bonchev–Trinajstić information content (AvgIpc) is 3.08. The van der Waals surface area contributed by atoms with Gasteiger partial charge in [0.05, 0.1) is 20.8 Å². The monoisotopic (exact) mass is 386 g/mol. The maximum atomic E-state index is 12.6. The lowest BCUT2D eigenvalue weighted by Gasteiger charge is -2.12. The number of sulfonamides is 1. The van der Waals surface area contributed by atoms with Gasteiger partial charge in [-0.1, -0.05) is 11.6 Å². The molecule has 1 aromatic carbocycles. The van der Waals surface area contributed by atoms with E-state index in [2.05, 4.69) is 4.72 Å². The Kier molecular flexibility index (Phi) is 4.56. The van der Waals surface area contributed by atoms with E-state index in [1.807, 2.05) is 6.92 Å². The first-order valence-corrected chi connectivity index (χ1v) is 9.90. The third kappa shape index (κ3) is 3.14. The molecule has 0 aliphatic rings. The molecule has 2 aromatic heterocycles. The second-order valence-corrected chi connectivity index (χ2v) is 8.69. The van der Waals surface area contributed by atoms with Gasteiger partial charge >= 0.3 is 5.76 Å². The Morgan fingerprint density at radius 2 is 2.08 bits per heavy atom. The number of oxazole rings is 1. The van der Waals surface area contributed by atoms with Crippen LogP contribution < -0.4 is 10.5 Å². The van der Waals surface area contributed by atoms with Crippen molar-refractivity contribution in [2.45, 2.75) is 31.3 Å². The molecule has 24 heavy (non-hydrogen) atoms. The molecule has 0 saturated heterocycles. The van der Waals surface area contributed by atoms with Gasteiger partial charge in [-0.3, -0.25) is 4.57 Å². The number of nitrogens with one attached hydrogen (secondary N) is 1. The number of fused-ring (bicyclic) bond motifs is 1. The number of nitrogens with zero attached hydrogens (tertiary/aromatic N) is 1.